The number of hydrogen-bond acceptors (Lipinski definition) is 2. The van der Waals surface area contributed by atoms with E-state index >= 15 is 0 Å². The van der Waals surface area contributed by atoms with Gasteiger partial charge in [-0.25, -0.2) is 0 Å². The summed E-state index contributed by atoms with van der Waals surface area (Å²) < 4.78 is 0. The summed E-state index contributed by atoms with van der Waals surface area (Å²) in [5, 5.41) is 0. The van der Waals surface area contributed by atoms with Crippen LogP contribution in [0.1, 0.15) is 38.3 Å². The molecule has 1 aliphatic heterocycles. The summed E-state index contributed by atoms with van der Waals surface area (Å²) in [6, 6.07) is 8.91. The smallest absolute Gasteiger partial charge is 0.0237 e. The van der Waals surface area contributed by atoms with Gasteiger partial charge >= 0.3 is 0 Å². The molecule has 0 aliphatic carbocycles. The van der Waals surface area contributed by atoms with Crippen LogP contribution in [0.15, 0.2) is 35.9 Å². The highest BCUT2D eigenvalue weighted by Crippen LogP contribution is 2.30. The highest BCUT2D eigenvalue weighted by atomic mass is 15.1. The predicted octanol–water partition coefficient (Wildman–Crippen LogP) is 3.37. The predicted molar refractivity (Wildman–Crippen MR) is 86.6 cm³/mol. The third-order valence-corrected chi connectivity index (χ3v) is 4.12. The molecule has 0 saturated heterocycles. The van der Waals surface area contributed by atoms with Crippen molar-refractivity contribution in [3.63, 3.8) is 0 Å². The fourth-order valence-corrected chi connectivity index (χ4v) is 2.77. The third kappa shape index (κ3) is 4.19. The molecule has 2 nitrogen and oxygen atoms in total. The van der Waals surface area contributed by atoms with Crippen LogP contribution in [0.25, 0.3) is 0 Å². The Labute approximate surface area is 123 Å². The zero-order valence-electron chi connectivity index (χ0n) is 13.2. The Morgan fingerprint density at radius 2 is 1.75 bits per heavy atom. The van der Waals surface area contributed by atoms with Gasteiger partial charge in [0.05, 0.1) is 0 Å². The molecule has 1 aliphatic rings. The van der Waals surface area contributed by atoms with Crippen molar-refractivity contribution in [2.75, 3.05) is 19.6 Å². The first kappa shape index (κ1) is 15.3. The maximum atomic E-state index is 5.58. The highest BCUT2D eigenvalue weighted by Gasteiger charge is 2.21. The largest absolute Gasteiger partial charge is 0.330 e. The van der Waals surface area contributed by atoms with E-state index in [1.165, 1.54) is 24.1 Å². The molecule has 1 aromatic carbocycles. The molecule has 0 amide bonds. The van der Waals surface area contributed by atoms with E-state index in [1.54, 1.807) is 5.57 Å². The van der Waals surface area contributed by atoms with Crippen molar-refractivity contribution < 1.29 is 0 Å². The average molecular weight is 272 g/mol. The molecule has 20 heavy (non-hydrogen) atoms. The third-order valence-electron chi connectivity index (χ3n) is 4.12. The van der Waals surface area contributed by atoms with E-state index in [1.807, 2.05) is 0 Å². The zero-order valence-corrected chi connectivity index (χ0v) is 13.2. The molecule has 0 bridgehead atoms. The van der Waals surface area contributed by atoms with Crippen molar-refractivity contribution in [1.29, 1.82) is 0 Å². The van der Waals surface area contributed by atoms with Crippen LogP contribution < -0.4 is 5.73 Å². The first-order valence-electron chi connectivity index (χ1n) is 7.69. The molecule has 0 radical (unpaired) electrons. The molecule has 0 spiro atoms. The molecule has 0 aromatic heterocycles. The molecule has 110 valence electrons. The van der Waals surface area contributed by atoms with Gasteiger partial charge in [0.15, 0.2) is 0 Å². The highest BCUT2D eigenvalue weighted by molar-refractivity contribution is 5.23. The molecule has 2 rings (SSSR count). The summed E-state index contributed by atoms with van der Waals surface area (Å²) in [6.07, 6.45) is 4.60. The van der Waals surface area contributed by atoms with Gasteiger partial charge < -0.3 is 5.73 Å². The van der Waals surface area contributed by atoms with Crippen molar-refractivity contribution >= 4 is 0 Å². The van der Waals surface area contributed by atoms with Gasteiger partial charge in [0.2, 0.25) is 0 Å². The molecular formula is C18H28N2. The van der Waals surface area contributed by atoms with Crippen molar-refractivity contribution in [2.24, 2.45) is 11.1 Å². The van der Waals surface area contributed by atoms with Crippen LogP contribution in [0.4, 0.5) is 0 Å². The van der Waals surface area contributed by atoms with Crippen LogP contribution >= 0.6 is 0 Å². The van der Waals surface area contributed by atoms with Gasteiger partial charge in [-0.05, 0) is 35.9 Å². The molecule has 0 fully saturated rings. The molecule has 0 atom stereocenters. The van der Waals surface area contributed by atoms with Gasteiger partial charge in [-0.1, -0.05) is 56.7 Å². The van der Waals surface area contributed by atoms with E-state index in [0.717, 1.165) is 26.1 Å². The zero-order chi connectivity index (χ0) is 14.6. The quantitative estimate of drug-likeness (QED) is 0.852. The number of nitrogens with zero attached hydrogens (tertiary/aromatic N) is 1. The lowest BCUT2D eigenvalue weighted by Gasteiger charge is -2.32. The Balaban J connectivity index is 1.91. The minimum atomic E-state index is 0.329. The van der Waals surface area contributed by atoms with Crippen LogP contribution in [0.2, 0.25) is 0 Å². The SMILES string of the molecule is CC(C)(C)C1=CCN(Cc2ccc(CCN)cc2)CC1. The second-order valence-electron chi connectivity index (χ2n) is 6.82. The van der Waals surface area contributed by atoms with Crippen molar-refractivity contribution in [1.82, 2.24) is 4.90 Å². The molecule has 1 heterocycles. The topological polar surface area (TPSA) is 29.3 Å². The molecule has 2 N–H and O–H groups in total. The number of rotatable bonds is 4. The summed E-state index contributed by atoms with van der Waals surface area (Å²) >= 11 is 0. The summed E-state index contributed by atoms with van der Waals surface area (Å²) in [6.45, 7) is 11.0. The molecule has 0 saturated carbocycles. The molecule has 2 heteroatoms. The Hall–Kier alpha value is -1.12. The lowest BCUT2D eigenvalue weighted by Crippen LogP contribution is -2.30. The number of benzene rings is 1. The Kier molecular flexibility index (Phi) is 5.00. The van der Waals surface area contributed by atoms with Crippen molar-refractivity contribution in [3.05, 3.63) is 47.0 Å². The number of hydrogen-bond donors (Lipinski definition) is 1. The maximum Gasteiger partial charge on any atom is 0.0237 e. The van der Waals surface area contributed by atoms with Crippen LogP contribution in [0, 0.1) is 5.41 Å². The van der Waals surface area contributed by atoms with E-state index in [0.29, 0.717) is 5.41 Å². The summed E-state index contributed by atoms with van der Waals surface area (Å²) in [4.78, 5) is 2.52. The first-order chi connectivity index (χ1) is 9.49. The lowest BCUT2D eigenvalue weighted by atomic mass is 9.83. The monoisotopic (exact) mass is 272 g/mol. The first-order valence-corrected chi connectivity index (χ1v) is 7.69. The second-order valence-corrected chi connectivity index (χ2v) is 6.82. The van der Waals surface area contributed by atoms with E-state index in [2.05, 4.69) is 56.0 Å². The summed E-state index contributed by atoms with van der Waals surface area (Å²) in [5.74, 6) is 0. The maximum absolute atomic E-state index is 5.58. The van der Waals surface area contributed by atoms with Gasteiger partial charge in [-0.2, -0.15) is 0 Å². The van der Waals surface area contributed by atoms with Crippen LogP contribution in [-0.2, 0) is 13.0 Å². The summed E-state index contributed by atoms with van der Waals surface area (Å²) in [5.41, 5.74) is 10.3. The lowest BCUT2D eigenvalue weighted by molar-refractivity contribution is 0.271. The molecule has 1 aromatic rings. The van der Waals surface area contributed by atoms with Crippen molar-refractivity contribution in [2.45, 2.75) is 40.2 Å². The van der Waals surface area contributed by atoms with E-state index in [4.69, 9.17) is 5.73 Å². The molecular weight excluding hydrogens is 244 g/mol. The van der Waals surface area contributed by atoms with E-state index < -0.39 is 0 Å². The number of nitrogens with two attached hydrogens (primary N) is 1. The van der Waals surface area contributed by atoms with Gasteiger partial charge in [0.25, 0.3) is 0 Å². The minimum Gasteiger partial charge on any atom is -0.330 e. The van der Waals surface area contributed by atoms with Crippen LogP contribution in [0.5, 0.6) is 0 Å². The Morgan fingerprint density at radius 1 is 1.10 bits per heavy atom. The van der Waals surface area contributed by atoms with E-state index in [-0.39, 0.29) is 0 Å². The average Bonchev–Trinajstić information content (AvgIpc) is 2.41. The Bertz CT molecular complexity index is 451. The fourth-order valence-electron chi connectivity index (χ4n) is 2.77. The Morgan fingerprint density at radius 3 is 2.25 bits per heavy atom. The van der Waals surface area contributed by atoms with Gasteiger partial charge in [-0.15, -0.1) is 0 Å². The van der Waals surface area contributed by atoms with Crippen LogP contribution in [0.3, 0.4) is 0 Å². The normalized spacial score (nSPS) is 17.1. The standard InChI is InChI=1S/C18H28N2/c1-18(2,3)17-9-12-20(13-10-17)14-16-6-4-15(5-7-16)8-11-19/h4-7,9H,8,10-14,19H2,1-3H3. The van der Waals surface area contributed by atoms with Gasteiger partial charge in [-0.3, -0.25) is 4.90 Å². The van der Waals surface area contributed by atoms with E-state index in [9.17, 15) is 0 Å². The summed E-state index contributed by atoms with van der Waals surface area (Å²) in [7, 11) is 0. The minimum absolute atomic E-state index is 0.329. The molecule has 0 unspecified atom stereocenters. The second kappa shape index (κ2) is 6.55. The van der Waals surface area contributed by atoms with Gasteiger partial charge in [0.1, 0.15) is 0 Å². The fraction of sp³-hybridized carbons (Fsp3) is 0.556. The van der Waals surface area contributed by atoms with Gasteiger partial charge in [0, 0.05) is 19.6 Å². The van der Waals surface area contributed by atoms with Crippen molar-refractivity contribution in [3.8, 4) is 0 Å². The van der Waals surface area contributed by atoms with Crippen LogP contribution in [-0.4, -0.2) is 24.5 Å².